The third kappa shape index (κ3) is 6.02. The molecule has 0 aliphatic heterocycles. The molecule has 0 spiro atoms. The maximum Gasteiger partial charge on any atom is 0.171 e. The van der Waals surface area contributed by atoms with Crippen molar-refractivity contribution in [3.05, 3.63) is 63.6 Å². The Bertz CT molecular complexity index is 657. The first-order chi connectivity index (χ1) is 11.1. The van der Waals surface area contributed by atoms with Crippen LogP contribution in [-0.2, 0) is 13.0 Å². The second-order valence-electron chi connectivity index (χ2n) is 5.36. The zero-order chi connectivity index (χ0) is 16.7. The van der Waals surface area contributed by atoms with E-state index in [2.05, 4.69) is 41.8 Å². The van der Waals surface area contributed by atoms with E-state index in [-0.39, 0.29) is 0 Å². The molecule has 0 saturated heterocycles. The van der Waals surface area contributed by atoms with Gasteiger partial charge in [-0.25, -0.2) is 0 Å². The first-order valence-electron chi connectivity index (χ1n) is 7.66. The zero-order valence-electron chi connectivity index (χ0n) is 13.0. The van der Waals surface area contributed by atoms with Crippen molar-refractivity contribution in [2.24, 2.45) is 0 Å². The van der Waals surface area contributed by atoms with Gasteiger partial charge in [0.15, 0.2) is 5.11 Å². The number of nitrogens with one attached hydrogen (secondary N) is 2. The van der Waals surface area contributed by atoms with Gasteiger partial charge in [0.25, 0.3) is 0 Å². The molecular formula is C18H20Cl2N2S. The minimum atomic E-state index is 0.549. The summed E-state index contributed by atoms with van der Waals surface area (Å²) in [5, 5.41) is 8.03. The summed E-state index contributed by atoms with van der Waals surface area (Å²) in [5.74, 6) is 0. The van der Waals surface area contributed by atoms with Crippen LogP contribution in [0.25, 0.3) is 0 Å². The molecular weight excluding hydrogens is 347 g/mol. The molecule has 2 rings (SSSR count). The number of hydrogen-bond acceptors (Lipinski definition) is 1. The predicted molar refractivity (Wildman–Crippen MR) is 105 cm³/mol. The molecule has 0 aliphatic rings. The van der Waals surface area contributed by atoms with Crippen molar-refractivity contribution in [3.63, 3.8) is 0 Å². The Labute approximate surface area is 153 Å². The molecule has 2 nitrogen and oxygen atoms in total. The summed E-state index contributed by atoms with van der Waals surface area (Å²) in [6.07, 6.45) is 3.55. The second-order valence-corrected chi connectivity index (χ2v) is 6.58. The number of benzene rings is 2. The van der Waals surface area contributed by atoms with Gasteiger partial charge in [-0.15, -0.1) is 0 Å². The van der Waals surface area contributed by atoms with Crippen LogP contribution in [0.1, 0.15) is 30.9 Å². The van der Waals surface area contributed by atoms with Crippen LogP contribution < -0.4 is 10.6 Å². The van der Waals surface area contributed by atoms with Crippen molar-refractivity contribution in [2.45, 2.75) is 32.7 Å². The number of thiocarbonyl (C=S) groups is 1. The fourth-order valence-corrected chi connectivity index (χ4v) is 2.65. The van der Waals surface area contributed by atoms with E-state index < -0.39 is 0 Å². The van der Waals surface area contributed by atoms with Gasteiger partial charge < -0.3 is 10.6 Å². The average molecular weight is 367 g/mol. The summed E-state index contributed by atoms with van der Waals surface area (Å²) in [6, 6.07) is 13.9. The molecule has 2 N–H and O–H groups in total. The predicted octanol–water partition coefficient (Wildman–Crippen LogP) is 5.82. The molecule has 0 aliphatic carbocycles. The maximum atomic E-state index is 6.00. The van der Waals surface area contributed by atoms with Gasteiger partial charge in [0.05, 0.1) is 10.0 Å². The van der Waals surface area contributed by atoms with E-state index in [0.717, 1.165) is 17.7 Å². The standard InChI is InChI=1S/C18H20Cl2N2S/c1-2-3-4-13-5-8-15(9-6-13)22-18(23)21-12-14-7-10-16(19)17(20)11-14/h5-11H,2-4,12H2,1H3,(H2,21,22,23). The number of rotatable bonds is 6. The van der Waals surface area contributed by atoms with Crippen molar-refractivity contribution in [2.75, 3.05) is 5.32 Å². The molecule has 0 aromatic heterocycles. The fourth-order valence-electron chi connectivity index (χ4n) is 2.14. The van der Waals surface area contributed by atoms with Crippen molar-refractivity contribution >= 4 is 46.2 Å². The Morgan fingerprint density at radius 1 is 1.00 bits per heavy atom. The number of anilines is 1. The van der Waals surface area contributed by atoms with E-state index in [9.17, 15) is 0 Å². The van der Waals surface area contributed by atoms with Crippen LogP contribution in [0.2, 0.25) is 10.0 Å². The van der Waals surface area contributed by atoms with Gasteiger partial charge >= 0.3 is 0 Å². The summed E-state index contributed by atoms with van der Waals surface area (Å²) in [4.78, 5) is 0. The Morgan fingerprint density at radius 3 is 2.35 bits per heavy atom. The van der Waals surface area contributed by atoms with Gasteiger partial charge in [-0.05, 0) is 60.5 Å². The van der Waals surface area contributed by atoms with E-state index in [1.165, 1.54) is 18.4 Å². The lowest BCUT2D eigenvalue weighted by Gasteiger charge is -2.11. The minimum Gasteiger partial charge on any atom is -0.358 e. The van der Waals surface area contributed by atoms with Gasteiger partial charge in [0.2, 0.25) is 0 Å². The number of unbranched alkanes of at least 4 members (excludes halogenated alkanes) is 1. The van der Waals surface area contributed by atoms with Crippen molar-refractivity contribution in [1.29, 1.82) is 0 Å². The number of hydrogen-bond donors (Lipinski definition) is 2. The van der Waals surface area contributed by atoms with E-state index in [0.29, 0.717) is 21.7 Å². The molecule has 0 radical (unpaired) electrons. The molecule has 122 valence electrons. The monoisotopic (exact) mass is 366 g/mol. The van der Waals surface area contributed by atoms with Gasteiger partial charge in [0, 0.05) is 12.2 Å². The van der Waals surface area contributed by atoms with Crippen LogP contribution >= 0.6 is 35.4 Å². The summed E-state index contributed by atoms with van der Waals surface area (Å²) in [7, 11) is 0. The highest BCUT2D eigenvalue weighted by atomic mass is 35.5. The quantitative estimate of drug-likeness (QED) is 0.629. The molecule has 0 bridgehead atoms. The highest BCUT2D eigenvalue weighted by Crippen LogP contribution is 2.22. The second kappa shape index (κ2) is 9.11. The molecule has 0 atom stereocenters. The molecule has 0 amide bonds. The smallest absolute Gasteiger partial charge is 0.171 e. The Kier molecular flexibility index (Phi) is 7.15. The van der Waals surface area contributed by atoms with Crippen molar-refractivity contribution < 1.29 is 0 Å². The molecule has 2 aromatic rings. The first-order valence-corrected chi connectivity index (χ1v) is 8.82. The van der Waals surface area contributed by atoms with Crippen LogP contribution in [0.4, 0.5) is 5.69 Å². The van der Waals surface area contributed by atoms with E-state index >= 15 is 0 Å². The molecule has 23 heavy (non-hydrogen) atoms. The van der Waals surface area contributed by atoms with Crippen LogP contribution in [0, 0.1) is 0 Å². The molecule has 2 aromatic carbocycles. The van der Waals surface area contributed by atoms with Crippen LogP contribution in [0.5, 0.6) is 0 Å². The van der Waals surface area contributed by atoms with Crippen LogP contribution in [0.15, 0.2) is 42.5 Å². The highest BCUT2D eigenvalue weighted by Gasteiger charge is 2.02. The lowest BCUT2D eigenvalue weighted by atomic mass is 10.1. The first kappa shape index (κ1) is 18.1. The van der Waals surface area contributed by atoms with E-state index in [1.807, 2.05) is 12.1 Å². The molecule has 0 unspecified atom stereocenters. The third-order valence-corrected chi connectivity index (χ3v) is 4.45. The number of aryl methyl sites for hydroxylation is 1. The van der Waals surface area contributed by atoms with Gasteiger partial charge in [-0.2, -0.15) is 0 Å². The molecule has 0 fully saturated rings. The van der Waals surface area contributed by atoms with Gasteiger partial charge in [-0.3, -0.25) is 0 Å². The van der Waals surface area contributed by atoms with E-state index in [1.54, 1.807) is 6.07 Å². The largest absolute Gasteiger partial charge is 0.358 e. The fraction of sp³-hybridized carbons (Fsp3) is 0.278. The van der Waals surface area contributed by atoms with Crippen molar-refractivity contribution in [1.82, 2.24) is 5.32 Å². The Morgan fingerprint density at radius 2 is 1.70 bits per heavy atom. The maximum absolute atomic E-state index is 6.00. The summed E-state index contributed by atoms with van der Waals surface area (Å²) in [6.45, 7) is 2.80. The van der Waals surface area contributed by atoms with Gasteiger partial charge in [-0.1, -0.05) is 54.7 Å². The third-order valence-electron chi connectivity index (χ3n) is 3.47. The zero-order valence-corrected chi connectivity index (χ0v) is 15.4. The van der Waals surface area contributed by atoms with Crippen molar-refractivity contribution in [3.8, 4) is 0 Å². The molecule has 0 saturated carbocycles. The topological polar surface area (TPSA) is 24.1 Å². The summed E-state index contributed by atoms with van der Waals surface area (Å²) < 4.78 is 0. The Balaban J connectivity index is 1.83. The van der Waals surface area contributed by atoms with Crippen LogP contribution in [-0.4, -0.2) is 5.11 Å². The Hall–Kier alpha value is -1.29. The average Bonchev–Trinajstić information content (AvgIpc) is 2.55. The molecule has 5 heteroatoms. The number of halogens is 2. The van der Waals surface area contributed by atoms with E-state index in [4.69, 9.17) is 35.4 Å². The lowest BCUT2D eigenvalue weighted by Crippen LogP contribution is -2.27. The lowest BCUT2D eigenvalue weighted by molar-refractivity contribution is 0.795. The summed E-state index contributed by atoms with van der Waals surface area (Å²) >= 11 is 17.2. The normalized spacial score (nSPS) is 10.4. The SMILES string of the molecule is CCCCc1ccc(NC(=S)NCc2ccc(Cl)c(Cl)c2)cc1. The van der Waals surface area contributed by atoms with Gasteiger partial charge in [0.1, 0.15) is 0 Å². The minimum absolute atomic E-state index is 0.549. The van der Waals surface area contributed by atoms with Crippen LogP contribution in [0.3, 0.4) is 0 Å². The summed E-state index contributed by atoms with van der Waals surface area (Å²) in [5.41, 5.74) is 3.36. The molecule has 0 heterocycles. The highest BCUT2D eigenvalue weighted by molar-refractivity contribution is 7.80.